The topological polar surface area (TPSA) is 97.0 Å². The molecule has 7 nitrogen and oxygen atoms in total. The lowest BCUT2D eigenvalue weighted by Gasteiger charge is -2.07. The number of amides is 1. The molecule has 0 fully saturated rings. The smallest absolute Gasteiger partial charge is 0.255 e. The highest BCUT2D eigenvalue weighted by atomic mass is 32.2. The van der Waals surface area contributed by atoms with E-state index in [1.807, 2.05) is 6.07 Å². The van der Waals surface area contributed by atoms with Crippen molar-refractivity contribution in [1.29, 1.82) is 0 Å². The molecule has 0 saturated heterocycles. The Morgan fingerprint density at radius 1 is 1.15 bits per heavy atom. The number of aromatic nitrogens is 3. The van der Waals surface area contributed by atoms with E-state index in [4.69, 9.17) is 4.74 Å². The Hall–Kier alpha value is -3.13. The molecular formula is C19H18N4O3S. The Morgan fingerprint density at radius 2 is 1.93 bits per heavy atom. The fourth-order valence-electron chi connectivity index (χ4n) is 2.30. The van der Waals surface area contributed by atoms with E-state index >= 15 is 0 Å². The summed E-state index contributed by atoms with van der Waals surface area (Å²) in [6.45, 7) is 1.52. The monoisotopic (exact) mass is 382 g/mol. The summed E-state index contributed by atoms with van der Waals surface area (Å²) in [5.41, 5.74) is 1.91. The first kappa shape index (κ1) is 18.7. The number of ketones is 1. The minimum absolute atomic E-state index is 0.0650. The molecule has 0 aliphatic heterocycles. The van der Waals surface area contributed by atoms with Gasteiger partial charge in [-0.2, -0.15) is 0 Å². The second kappa shape index (κ2) is 8.50. The maximum atomic E-state index is 12.5. The number of nitrogens with one attached hydrogen (secondary N) is 2. The summed E-state index contributed by atoms with van der Waals surface area (Å²) in [5.74, 6) is 1.43. The Labute approximate surface area is 160 Å². The number of carbonyl (C=O) groups is 2. The maximum Gasteiger partial charge on any atom is 0.255 e. The van der Waals surface area contributed by atoms with Gasteiger partial charge in [0, 0.05) is 16.8 Å². The molecular weight excluding hydrogens is 364 g/mol. The molecule has 0 radical (unpaired) electrons. The molecule has 1 aromatic heterocycles. The first-order valence-electron chi connectivity index (χ1n) is 8.16. The highest BCUT2D eigenvalue weighted by Gasteiger charge is 2.11. The summed E-state index contributed by atoms with van der Waals surface area (Å²) in [6.07, 6.45) is 0. The van der Waals surface area contributed by atoms with Gasteiger partial charge in [-0.05, 0) is 43.3 Å². The first-order chi connectivity index (χ1) is 13.0. The number of carbonyl (C=O) groups excluding carboxylic acids is 2. The standard InChI is InChI=1S/C19H18N4O3S/c1-12(24)11-27-19-21-17(22-23-19)13-4-3-5-14(10-13)18(25)20-15-6-8-16(26-2)9-7-15/h3-10H,11H2,1-2H3,(H,20,25)(H,21,22,23). The van der Waals surface area contributed by atoms with Gasteiger partial charge in [0.1, 0.15) is 11.5 Å². The van der Waals surface area contributed by atoms with Gasteiger partial charge in [-0.25, -0.2) is 0 Å². The summed E-state index contributed by atoms with van der Waals surface area (Å²) in [7, 11) is 1.59. The summed E-state index contributed by atoms with van der Waals surface area (Å²) in [5, 5.41) is 11.5. The molecule has 3 rings (SSSR count). The maximum absolute atomic E-state index is 12.5. The molecule has 2 aromatic carbocycles. The molecule has 0 saturated carbocycles. The van der Waals surface area contributed by atoms with Crippen molar-refractivity contribution in [1.82, 2.24) is 15.2 Å². The van der Waals surface area contributed by atoms with E-state index in [9.17, 15) is 9.59 Å². The van der Waals surface area contributed by atoms with Crippen LogP contribution in [0.25, 0.3) is 11.4 Å². The Balaban J connectivity index is 1.72. The van der Waals surface area contributed by atoms with Gasteiger partial charge in [0.15, 0.2) is 11.0 Å². The number of hydrogen-bond donors (Lipinski definition) is 2. The number of rotatable bonds is 7. The predicted molar refractivity (Wildman–Crippen MR) is 104 cm³/mol. The van der Waals surface area contributed by atoms with E-state index in [0.717, 1.165) is 11.3 Å². The van der Waals surface area contributed by atoms with E-state index in [-0.39, 0.29) is 11.7 Å². The van der Waals surface area contributed by atoms with Gasteiger partial charge < -0.3 is 15.0 Å². The number of H-pyrrole nitrogens is 1. The molecule has 0 atom stereocenters. The normalized spacial score (nSPS) is 10.4. The molecule has 1 amide bonds. The molecule has 0 unspecified atom stereocenters. The second-order valence-corrected chi connectivity index (χ2v) is 6.70. The van der Waals surface area contributed by atoms with Crippen LogP contribution < -0.4 is 10.1 Å². The lowest BCUT2D eigenvalue weighted by atomic mass is 10.1. The Bertz CT molecular complexity index is 954. The van der Waals surface area contributed by atoms with Gasteiger partial charge in [-0.15, -0.1) is 10.2 Å². The number of aromatic amines is 1. The Kier molecular flexibility index (Phi) is 5.87. The largest absolute Gasteiger partial charge is 0.497 e. The van der Waals surface area contributed by atoms with Crippen molar-refractivity contribution in [3.8, 4) is 17.1 Å². The number of benzene rings is 2. The van der Waals surface area contributed by atoms with Crippen molar-refractivity contribution in [3.63, 3.8) is 0 Å². The van der Waals surface area contributed by atoms with Gasteiger partial charge in [0.2, 0.25) is 0 Å². The zero-order chi connectivity index (χ0) is 19.2. The summed E-state index contributed by atoms with van der Waals surface area (Å²) < 4.78 is 5.11. The Morgan fingerprint density at radius 3 is 2.63 bits per heavy atom. The van der Waals surface area contributed by atoms with Crippen LogP contribution in [-0.4, -0.2) is 39.7 Å². The minimum Gasteiger partial charge on any atom is -0.497 e. The van der Waals surface area contributed by atoms with Crippen molar-refractivity contribution in [2.24, 2.45) is 0 Å². The van der Waals surface area contributed by atoms with Crippen LogP contribution in [0, 0.1) is 0 Å². The average Bonchev–Trinajstić information content (AvgIpc) is 3.16. The molecule has 2 N–H and O–H groups in total. The van der Waals surface area contributed by atoms with Gasteiger partial charge >= 0.3 is 0 Å². The zero-order valence-corrected chi connectivity index (χ0v) is 15.7. The van der Waals surface area contributed by atoms with Crippen molar-refractivity contribution in [2.45, 2.75) is 12.1 Å². The first-order valence-corrected chi connectivity index (χ1v) is 9.14. The van der Waals surface area contributed by atoms with Crippen LogP contribution in [0.5, 0.6) is 5.75 Å². The third-order valence-electron chi connectivity index (χ3n) is 3.62. The van der Waals surface area contributed by atoms with Crippen LogP contribution in [0.1, 0.15) is 17.3 Å². The lowest BCUT2D eigenvalue weighted by Crippen LogP contribution is -2.11. The summed E-state index contributed by atoms with van der Waals surface area (Å²) in [4.78, 5) is 26.6. The molecule has 0 spiro atoms. The highest BCUT2D eigenvalue weighted by Crippen LogP contribution is 2.21. The third kappa shape index (κ3) is 4.95. The van der Waals surface area contributed by atoms with Gasteiger partial charge in [-0.1, -0.05) is 23.9 Å². The van der Waals surface area contributed by atoms with Gasteiger partial charge in [-0.3, -0.25) is 9.59 Å². The van der Waals surface area contributed by atoms with E-state index in [2.05, 4.69) is 20.5 Å². The molecule has 0 aliphatic rings. The molecule has 0 bridgehead atoms. The van der Waals surface area contributed by atoms with Crippen LogP contribution >= 0.6 is 11.8 Å². The van der Waals surface area contributed by atoms with E-state index in [1.165, 1.54) is 18.7 Å². The third-order valence-corrected chi connectivity index (χ3v) is 4.63. The summed E-state index contributed by atoms with van der Waals surface area (Å²) >= 11 is 1.29. The quantitative estimate of drug-likeness (QED) is 0.608. The van der Waals surface area contributed by atoms with Crippen LogP contribution in [0.3, 0.4) is 0 Å². The average molecular weight is 382 g/mol. The number of anilines is 1. The number of thioether (sulfide) groups is 1. The van der Waals surface area contributed by atoms with E-state index in [0.29, 0.717) is 28.0 Å². The van der Waals surface area contributed by atoms with Crippen LogP contribution in [0.2, 0.25) is 0 Å². The van der Waals surface area contributed by atoms with Crippen LogP contribution in [-0.2, 0) is 4.79 Å². The zero-order valence-electron chi connectivity index (χ0n) is 14.9. The molecule has 8 heteroatoms. The summed E-state index contributed by atoms with van der Waals surface area (Å²) in [6, 6.07) is 14.2. The SMILES string of the molecule is COc1ccc(NC(=O)c2cccc(-c3nnc(SCC(C)=O)[nH]3)c2)cc1. The highest BCUT2D eigenvalue weighted by molar-refractivity contribution is 7.99. The molecule has 3 aromatic rings. The number of Topliss-reactive ketones (excluding diaryl/α,β-unsaturated/α-hetero) is 1. The van der Waals surface area contributed by atoms with Crippen molar-refractivity contribution in [2.75, 3.05) is 18.2 Å². The predicted octanol–water partition coefficient (Wildman–Crippen LogP) is 3.41. The second-order valence-electron chi connectivity index (χ2n) is 5.73. The van der Waals surface area contributed by atoms with E-state index in [1.54, 1.807) is 49.6 Å². The minimum atomic E-state index is -0.229. The lowest BCUT2D eigenvalue weighted by molar-refractivity contribution is -0.114. The van der Waals surface area contributed by atoms with Crippen LogP contribution in [0.15, 0.2) is 53.7 Å². The van der Waals surface area contributed by atoms with Gasteiger partial charge in [0.05, 0.1) is 12.9 Å². The number of ether oxygens (including phenoxy) is 1. The number of methoxy groups -OCH3 is 1. The molecule has 1 heterocycles. The van der Waals surface area contributed by atoms with Crippen molar-refractivity contribution >= 4 is 29.1 Å². The molecule has 27 heavy (non-hydrogen) atoms. The van der Waals surface area contributed by atoms with Crippen LogP contribution in [0.4, 0.5) is 5.69 Å². The van der Waals surface area contributed by atoms with Gasteiger partial charge in [0.25, 0.3) is 5.91 Å². The molecule has 138 valence electrons. The van der Waals surface area contributed by atoms with E-state index < -0.39 is 0 Å². The fraction of sp³-hybridized carbons (Fsp3) is 0.158. The number of nitrogens with zero attached hydrogens (tertiary/aromatic N) is 2. The van der Waals surface area contributed by atoms with Crippen molar-refractivity contribution in [3.05, 3.63) is 54.1 Å². The van der Waals surface area contributed by atoms with Crippen molar-refractivity contribution < 1.29 is 14.3 Å². The molecule has 0 aliphatic carbocycles. The number of hydrogen-bond acceptors (Lipinski definition) is 6. The fourth-order valence-corrected chi connectivity index (χ4v) is 2.90.